The number of benzene rings is 3. The number of likely N-dealkylation sites (tertiary alicyclic amines) is 1. The highest BCUT2D eigenvalue weighted by molar-refractivity contribution is 5.86. The Morgan fingerprint density at radius 3 is 1.89 bits per heavy atom. The molecule has 3 aromatic carbocycles. The van der Waals surface area contributed by atoms with Gasteiger partial charge >= 0.3 is 0 Å². The van der Waals surface area contributed by atoms with Crippen molar-refractivity contribution >= 4 is 5.91 Å². The third kappa shape index (κ3) is 3.80. The normalized spacial score (nSPS) is 21.3. The number of amides is 1. The molecule has 0 spiro atoms. The number of carbonyl (C=O) groups is 1. The molecule has 2 N–H and O–H groups in total. The van der Waals surface area contributed by atoms with Crippen LogP contribution in [-0.4, -0.2) is 23.9 Å². The maximum absolute atomic E-state index is 14.2. The summed E-state index contributed by atoms with van der Waals surface area (Å²) in [5.41, 5.74) is 12.2. The second-order valence-electron chi connectivity index (χ2n) is 10.2. The molecular weight excluding hydrogens is 442 g/mol. The number of nitrogens with zero attached hydrogens (tertiary/aromatic N) is 2. The lowest BCUT2D eigenvalue weighted by Crippen LogP contribution is -2.45. The SMILES string of the molecule is Cc1ccc(C2(c3ccc(C)cc3)C(C#N)=C(N)C(C(=O)N3CCCCC3)C2c2ccccc2)cc1. The predicted octanol–water partition coefficient (Wildman–Crippen LogP) is 5.75. The second-order valence-corrected chi connectivity index (χ2v) is 10.2. The fourth-order valence-electron chi connectivity index (χ4n) is 6.26. The Morgan fingerprint density at radius 2 is 1.39 bits per heavy atom. The Kier molecular flexibility index (Phi) is 6.41. The van der Waals surface area contributed by atoms with Crippen molar-refractivity contribution in [1.82, 2.24) is 4.90 Å². The lowest BCUT2D eigenvalue weighted by atomic mass is 9.60. The van der Waals surface area contributed by atoms with Gasteiger partial charge in [0.15, 0.2) is 0 Å². The molecule has 1 aliphatic heterocycles. The van der Waals surface area contributed by atoms with Gasteiger partial charge in [0.25, 0.3) is 0 Å². The third-order valence-corrected chi connectivity index (χ3v) is 8.04. The van der Waals surface area contributed by atoms with Crippen molar-refractivity contribution in [1.29, 1.82) is 5.26 Å². The van der Waals surface area contributed by atoms with Gasteiger partial charge in [-0.15, -0.1) is 0 Å². The molecule has 1 aliphatic carbocycles. The molecule has 0 bridgehead atoms. The minimum Gasteiger partial charge on any atom is -0.401 e. The minimum absolute atomic E-state index is 0.0369. The van der Waals surface area contributed by atoms with E-state index in [4.69, 9.17) is 5.73 Å². The van der Waals surface area contributed by atoms with Crippen molar-refractivity contribution < 1.29 is 4.79 Å². The van der Waals surface area contributed by atoms with E-state index in [1.807, 2.05) is 23.1 Å². The number of rotatable bonds is 4. The van der Waals surface area contributed by atoms with Crippen LogP contribution in [0.25, 0.3) is 0 Å². The molecule has 0 saturated carbocycles. The lowest BCUT2D eigenvalue weighted by molar-refractivity contribution is -0.136. The number of carbonyl (C=O) groups excluding carboxylic acids is 1. The van der Waals surface area contributed by atoms with Crippen LogP contribution >= 0.6 is 0 Å². The Hall–Kier alpha value is -3.84. The van der Waals surface area contributed by atoms with Crippen molar-refractivity contribution in [2.75, 3.05) is 13.1 Å². The Morgan fingerprint density at radius 1 is 0.861 bits per heavy atom. The van der Waals surface area contributed by atoms with Gasteiger partial charge in [0.1, 0.15) is 0 Å². The molecule has 1 saturated heterocycles. The van der Waals surface area contributed by atoms with Gasteiger partial charge in [0, 0.05) is 24.7 Å². The van der Waals surface area contributed by atoms with Gasteiger partial charge < -0.3 is 10.6 Å². The number of hydrogen-bond donors (Lipinski definition) is 1. The van der Waals surface area contributed by atoms with Gasteiger partial charge in [-0.2, -0.15) is 5.26 Å². The summed E-state index contributed by atoms with van der Waals surface area (Å²) in [4.78, 5) is 16.2. The van der Waals surface area contributed by atoms with E-state index in [1.165, 1.54) is 0 Å². The number of piperidine rings is 1. The zero-order valence-corrected chi connectivity index (χ0v) is 21.1. The monoisotopic (exact) mass is 475 g/mol. The highest BCUT2D eigenvalue weighted by atomic mass is 16.2. The van der Waals surface area contributed by atoms with E-state index in [-0.39, 0.29) is 11.8 Å². The highest BCUT2D eigenvalue weighted by Gasteiger charge is 2.58. The van der Waals surface area contributed by atoms with E-state index < -0.39 is 11.3 Å². The van der Waals surface area contributed by atoms with Gasteiger partial charge in [0.05, 0.1) is 23.0 Å². The average Bonchev–Trinajstić information content (AvgIpc) is 3.18. The van der Waals surface area contributed by atoms with Gasteiger partial charge in [-0.25, -0.2) is 0 Å². The smallest absolute Gasteiger partial charge is 0.232 e. The van der Waals surface area contributed by atoms with Crippen LogP contribution in [0, 0.1) is 31.1 Å². The summed E-state index contributed by atoms with van der Waals surface area (Å²) in [5, 5.41) is 10.7. The Balaban J connectivity index is 1.83. The molecule has 1 fully saturated rings. The molecule has 1 amide bonds. The van der Waals surface area contributed by atoms with Crippen LogP contribution in [0.1, 0.15) is 53.0 Å². The zero-order chi connectivity index (χ0) is 25.3. The molecule has 2 unspecified atom stereocenters. The summed E-state index contributed by atoms with van der Waals surface area (Å²) >= 11 is 0. The summed E-state index contributed by atoms with van der Waals surface area (Å²) in [6.45, 7) is 5.61. The first-order chi connectivity index (χ1) is 17.5. The van der Waals surface area contributed by atoms with Crippen LogP contribution in [0.2, 0.25) is 0 Å². The minimum atomic E-state index is -0.877. The van der Waals surface area contributed by atoms with Gasteiger partial charge in [-0.05, 0) is 49.8 Å². The molecular formula is C32H33N3O. The Bertz CT molecular complexity index is 1270. The van der Waals surface area contributed by atoms with Crippen LogP contribution in [0.15, 0.2) is 90.1 Å². The Labute approximate surface area is 214 Å². The highest BCUT2D eigenvalue weighted by Crippen LogP contribution is 2.59. The molecule has 1 heterocycles. The topological polar surface area (TPSA) is 70.1 Å². The van der Waals surface area contributed by atoms with Gasteiger partial charge in [0.2, 0.25) is 5.91 Å². The zero-order valence-electron chi connectivity index (χ0n) is 21.1. The van der Waals surface area contributed by atoms with Crippen LogP contribution in [0.4, 0.5) is 0 Å². The molecule has 3 aromatic rings. The number of allylic oxidation sites excluding steroid dienone is 1. The molecule has 4 heteroatoms. The first kappa shape index (κ1) is 23.9. The molecule has 5 rings (SSSR count). The molecule has 4 nitrogen and oxygen atoms in total. The first-order valence-corrected chi connectivity index (χ1v) is 12.9. The maximum atomic E-state index is 14.2. The number of aryl methyl sites for hydroxylation is 2. The summed E-state index contributed by atoms with van der Waals surface area (Å²) < 4.78 is 0. The average molecular weight is 476 g/mol. The molecule has 0 radical (unpaired) electrons. The largest absolute Gasteiger partial charge is 0.401 e. The van der Waals surface area contributed by atoms with E-state index in [2.05, 4.69) is 80.6 Å². The van der Waals surface area contributed by atoms with Gasteiger partial charge in [-0.3, -0.25) is 4.79 Å². The molecule has 182 valence electrons. The maximum Gasteiger partial charge on any atom is 0.232 e. The van der Waals surface area contributed by atoms with E-state index in [1.54, 1.807) is 0 Å². The molecule has 2 atom stereocenters. The molecule has 2 aliphatic rings. The summed E-state index contributed by atoms with van der Waals surface area (Å²) in [5.74, 6) is -0.911. The lowest BCUT2D eigenvalue weighted by Gasteiger charge is -2.41. The summed E-state index contributed by atoms with van der Waals surface area (Å²) in [6.07, 6.45) is 3.15. The van der Waals surface area contributed by atoms with Crippen molar-refractivity contribution in [3.05, 3.63) is 118 Å². The predicted molar refractivity (Wildman–Crippen MR) is 143 cm³/mol. The fraction of sp³-hybridized carbons (Fsp3) is 0.312. The van der Waals surface area contributed by atoms with Crippen molar-refractivity contribution in [2.45, 2.75) is 44.4 Å². The van der Waals surface area contributed by atoms with E-state index in [9.17, 15) is 10.1 Å². The van der Waals surface area contributed by atoms with Crippen LogP contribution in [-0.2, 0) is 10.2 Å². The van der Waals surface area contributed by atoms with Crippen LogP contribution < -0.4 is 5.73 Å². The van der Waals surface area contributed by atoms with Crippen LogP contribution in [0.5, 0.6) is 0 Å². The number of hydrogen-bond acceptors (Lipinski definition) is 3. The second kappa shape index (κ2) is 9.66. The quantitative estimate of drug-likeness (QED) is 0.522. The van der Waals surface area contributed by atoms with E-state index in [0.717, 1.165) is 60.2 Å². The summed E-state index contributed by atoms with van der Waals surface area (Å²) in [7, 11) is 0. The van der Waals surface area contributed by atoms with Crippen LogP contribution in [0.3, 0.4) is 0 Å². The fourth-order valence-corrected chi connectivity index (χ4v) is 6.26. The summed E-state index contributed by atoms with van der Waals surface area (Å²) in [6, 6.07) is 29.4. The standard InChI is InChI=1S/C32H33N3O/c1-22-11-15-25(16-12-22)32(26-17-13-23(2)14-18-26)27(21-33)30(34)28(29(32)24-9-5-3-6-10-24)31(36)35-19-7-4-8-20-35/h3,5-6,9-18,28-29H,4,7-8,19-20,34H2,1-2H3. The number of nitriles is 1. The van der Waals surface area contributed by atoms with E-state index in [0.29, 0.717) is 11.3 Å². The van der Waals surface area contributed by atoms with E-state index >= 15 is 0 Å². The third-order valence-electron chi connectivity index (χ3n) is 8.04. The first-order valence-electron chi connectivity index (χ1n) is 12.9. The number of nitrogens with two attached hydrogens (primary N) is 1. The van der Waals surface area contributed by atoms with Crippen molar-refractivity contribution in [3.63, 3.8) is 0 Å². The van der Waals surface area contributed by atoms with Gasteiger partial charge in [-0.1, -0.05) is 90.0 Å². The van der Waals surface area contributed by atoms with Crippen molar-refractivity contribution in [3.8, 4) is 6.07 Å². The van der Waals surface area contributed by atoms with Crippen molar-refractivity contribution in [2.24, 2.45) is 11.7 Å². The molecule has 36 heavy (non-hydrogen) atoms. The molecule has 0 aromatic heterocycles.